The first kappa shape index (κ1) is 11.4. The summed E-state index contributed by atoms with van der Waals surface area (Å²) in [5, 5.41) is 3.23. The minimum Gasteiger partial charge on any atom is -0.348 e. The van der Waals surface area contributed by atoms with Crippen molar-refractivity contribution in [2.24, 2.45) is 5.73 Å². The van der Waals surface area contributed by atoms with Gasteiger partial charge in [-0.3, -0.25) is 0 Å². The van der Waals surface area contributed by atoms with E-state index in [4.69, 9.17) is 5.73 Å². The molecule has 0 aliphatic rings. The van der Waals surface area contributed by atoms with E-state index in [1.54, 1.807) is 11.3 Å². The molecule has 86 valence electrons. The molecule has 4 heteroatoms. The van der Waals surface area contributed by atoms with E-state index < -0.39 is 0 Å². The maximum absolute atomic E-state index is 5.77. The quantitative estimate of drug-likeness (QED) is 0.883. The van der Waals surface area contributed by atoms with Crippen LogP contribution in [-0.2, 0) is 13.0 Å². The molecule has 0 bridgehead atoms. The smallest absolute Gasteiger partial charge is 0.0898 e. The SMILES string of the molecule is Cc1nc(Cn2ccc(CC(C)N)c2)cs1. The number of thiazole rings is 1. The molecule has 1 unspecified atom stereocenters. The van der Waals surface area contributed by atoms with E-state index in [-0.39, 0.29) is 6.04 Å². The molecule has 2 rings (SSSR count). The standard InChI is InChI=1S/C12H17N3S/c1-9(13)5-11-3-4-15(6-11)7-12-8-16-10(2)14-12/h3-4,6,8-9H,5,7,13H2,1-2H3. The molecule has 3 nitrogen and oxygen atoms in total. The maximum Gasteiger partial charge on any atom is 0.0898 e. The number of aromatic nitrogens is 2. The second-order valence-corrected chi connectivity index (χ2v) is 5.29. The molecule has 16 heavy (non-hydrogen) atoms. The second kappa shape index (κ2) is 4.80. The van der Waals surface area contributed by atoms with Gasteiger partial charge in [0.15, 0.2) is 0 Å². The molecule has 0 saturated heterocycles. The highest BCUT2D eigenvalue weighted by Crippen LogP contribution is 2.11. The average Bonchev–Trinajstić information content (AvgIpc) is 2.76. The first-order valence-electron chi connectivity index (χ1n) is 5.45. The van der Waals surface area contributed by atoms with Gasteiger partial charge < -0.3 is 10.3 Å². The van der Waals surface area contributed by atoms with E-state index in [0.717, 1.165) is 23.7 Å². The number of nitrogens with zero attached hydrogens (tertiary/aromatic N) is 2. The van der Waals surface area contributed by atoms with Crippen molar-refractivity contribution in [1.29, 1.82) is 0 Å². The van der Waals surface area contributed by atoms with Crippen LogP contribution in [-0.4, -0.2) is 15.6 Å². The van der Waals surface area contributed by atoms with Crippen LogP contribution in [0.3, 0.4) is 0 Å². The van der Waals surface area contributed by atoms with Crippen LogP contribution in [0.1, 0.15) is 23.2 Å². The Morgan fingerprint density at radius 1 is 1.56 bits per heavy atom. The van der Waals surface area contributed by atoms with Crippen LogP contribution in [0.15, 0.2) is 23.8 Å². The minimum absolute atomic E-state index is 0.220. The van der Waals surface area contributed by atoms with Crippen molar-refractivity contribution in [2.45, 2.75) is 32.9 Å². The average molecular weight is 235 g/mol. The zero-order valence-electron chi connectivity index (χ0n) is 9.68. The zero-order chi connectivity index (χ0) is 11.5. The molecule has 0 radical (unpaired) electrons. The zero-order valence-corrected chi connectivity index (χ0v) is 10.5. The fraction of sp³-hybridized carbons (Fsp3) is 0.417. The molecule has 2 N–H and O–H groups in total. The lowest BCUT2D eigenvalue weighted by molar-refractivity contribution is 0.729. The van der Waals surface area contributed by atoms with Gasteiger partial charge in [0.05, 0.1) is 17.2 Å². The summed E-state index contributed by atoms with van der Waals surface area (Å²) >= 11 is 1.70. The lowest BCUT2D eigenvalue weighted by Gasteiger charge is -2.02. The van der Waals surface area contributed by atoms with Gasteiger partial charge in [-0.15, -0.1) is 11.3 Å². The third kappa shape index (κ3) is 2.93. The van der Waals surface area contributed by atoms with E-state index in [1.165, 1.54) is 5.56 Å². The maximum atomic E-state index is 5.77. The monoisotopic (exact) mass is 235 g/mol. The highest BCUT2D eigenvalue weighted by molar-refractivity contribution is 7.09. The molecular weight excluding hydrogens is 218 g/mol. The Hall–Kier alpha value is -1.13. The van der Waals surface area contributed by atoms with Gasteiger partial charge in [-0.2, -0.15) is 0 Å². The Morgan fingerprint density at radius 3 is 3.00 bits per heavy atom. The van der Waals surface area contributed by atoms with E-state index in [2.05, 4.69) is 33.4 Å². The van der Waals surface area contributed by atoms with Crippen LogP contribution < -0.4 is 5.73 Å². The minimum atomic E-state index is 0.220. The number of hydrogen-bond donors (Lipinski definition) is 1. The third-order valence-corrected chi connectivity index (χ3v) is 3.20. The Morgan fingerprint density at radius 2 is 2.38 bits per heavy atom. The highest BCUT2D eigenvalue weighted by atomic mass is 32.1. The van der Waals surface area contributed by atoms with E-state index in [9.17, 15) is 0 Å². The van der Waals surface area contributed by atoms with Crippen LogP contribution in [0.25, 0.3) is 0 Å². The summed E-state index contributed by atoms with van der Waals surface area (Å²) in [7, 11) is 0. The van der Waals surface area contributed by atoms with Gasteiger partial charge in [0.1, 0.15) is 0 Å². The van der Waals surface area contributed by atoms with Gasteiger partial charge in [-0.1, -0.05) is 0 Å². The summed E-state index contributed by atoms with van der Waals surface area (Å²) in [6.07, 6.45) is 5.17. The van der Waals surface area contributed by atoms with E-state index in [1.807, 2.05) is 13.8 Å². The molecule has 0 fully saturated rings. The summed E-state index contributed by atoms with van der Waals surface area (Å²) < 4.78 is 2.16. The molecule has 0 spiro atoms. The van der Waals surface area contributed by atoms with Gasteiger partial charge in [-0.05, 0) is 31.9 Å². The third-order valence-electron chi connectivity index (χ3n) is 2.38. The van der Waals surface area contributed by atoms with Crippen molar-refractivity contribution in [3.05, 3.63) is 40.1 Å². The number of aryl methyl sites for hydroxylation is 1. The van der Waals surface area contributed by atoms with Gasteiger partial charge in [-0.25, -0.2) is 4.98 Å². The van der Waals surface area contributed by atoms with Crippen LogP contribution in [0.5, 0.6) is 0 Å². The molecule has 2 heterocycles. The topological polar surface area (TPSA) is 43.8 Å². The Kier molecular flexibility index (Phi) is 3.41. The Labute approximate surface area is 99.9 Å². The molecule has 0 amide bonds. The van der Waals surface area contributed by atoms with Gasteiger partial charge >= 0.3 is 0 Å². The lowest BCUT2D eigenvalue weighted by atomic mass is 10.1. The summed E-state index contributed by atoms with van der Waals surface area (Å²) in [4.78, 5) is 4.45. The molecule has 2 aromatic heterocycles. The van der Waals surface area contributed by atoms with Crippen molar-refractivity contribution in [1.82, 2.24) is 9.55 Å². The van der Waals surface area contributed by atoms with Crippen molar-refractivity contribution < 1.29 is 0 Å². The predicted molar refractivity (Wildman–Crippen MR) is 67.7 cm³/mol. The number of nitrogens with two attached hydrogens (primary N) is 1. The summed E-state index contributed by atoms with van der Waals surface area (Å²) in [6.45, 7) is 4.91. The van der Waals surface area contributed by atoms with E-state index in [0.29, 0.717) is 0 Å². The van der Waals surface area contributed by atoms with Crippen molar-refractivity contribution in [3.63, 3.8) is 0 Å². The normalized spacial score (nSPS) is 12.9. The fourth-order valence-corrected chi connectivity index (χ4v) is 2.35. The van der Waals surface area contributed by atoms with Gasteiger partial charge in [0.2, 0.25) is 0 Å². The van der Waals surface area contributed by atoms with Crippen molar-refractivity contribution >= 4 is 11.3 Å². The van der Waals surface area contributed by atoms with Crippen molar-refractivity contribution in [3.8, 4) is 0 Å². The largest absolute Gasteiger partial charge is 0.348 e. The lowest BCUT2D eigenvalue weighted by Crippen LogP contribution is -2.17. The van der Waals surface area contributed by atoms with E-state index >= 15 is 0 Å². The molecule has 0 aliphatic heterocycles. The predicted octanol–water partition coefficient (Wildman–Crippen LogP) is 2.19. The summed E-state index contributed by atoms with van der Waals surface area (Å²) in [5.41, 5.74) is 8.19. The highest BCUT2D eigenvalue weighted by Gasteiger charge is 2.02. The van der Waals surface area contributed by atoms with Gasteiger partial charge in [0, 0.05) is 23.8 Å². The number of rotatable bonds is 4. The molecule has 2 aromatic rings. The van der Waals surface area contributed by atoms with Crippen LogP contribution in [0.2, 0.25) is 0 Å². The summed E-state index contributed by atoms with van der Waals surface area (Å²) in [5.74, 6) is 0. The van der Waals surface area contributed by atoms with Crippen LogP contribution >= 0.6 is 11.3 Å². The second-order valence-electron chi connectivity index (χ2n) is 4.23. The Bertz CT molecular complexity index is 456. The number of hydrogen-bond acceptors (Lipinski definition) is 3. The summed E-state index contributed by atoms with van der Waals surface area (Å²) in [6, 6.07) is 2.35. The molecule has 1 atom stereocenters. The molecule has 0 saturated carbocycles. The fourth-order valence-electron chi connectivity index (χ4n) is 1.75. The first-order valence-corrected chi connectivity index (χ1v) is 6.32. The molecule has 0 aromatic carbocycles. The van der Waals surface area contributed by atoms with Crippen LogP contribution in [0, 0.1) is 6.92 Å². The van der Waals surface area contributed by atoms with Gasteiger partial charge in [0.25, 0.3) is 0 Å². The molecular formula is C12H17N3S. The first-order chi connectivity index (χ1) is 7.63. The van der Waals surface area contributed by atoms with Crippen molar-refractivity contribution in [2.75, 3.05) is 0 Å². The van der Waals surface area contributed by atoms with Crippen LogP contribution in [0.4, 0.5) is 0 Å². The Balaban J connectivity index is 2.02. The molecule has 0 aliphatic carbocycles.